The number of carbonyl (C=O) groups excluding carboxylic acids is 1. The summed E-state index contributed by atoms with van der Waals surface area (Å²) in [6.45, 7) is 1.03. The molecule has 1 amide bonds. The lowest BCUT2D eigenvalue weighted by molar-refractivity contribution is -0.124. The molecule has 0 radical (unpaired) electrons. The number of nitrogens with one attached hydrogen (secondary N) is 2. The number of carbonyl (C=O) groups is 1. The summed E-state index contributed by atoms with van der Waals surface area (Å²) in [7, 11) is 0. The lowest BCUT2D eigenvalue weighted by Gasteiger charge is -2.31. The maximum absolute atomic E-state index is 12.4. The van der Waals surface area contributed by atoms with Gasteiger partial charge < -0.3 is 15.8 Å². The Labute approximate surface area is 121 Å². The lowest BCUT2D eigenvalue weighted by Crippen LogP contribution is -2.54. The highest BCUT2D eigenvalue weighted by Gasteiger charge is 2.35. The first-order valence-electron chi connectivity index (χ1n) is 6.81. The number of amides is 1. The highest BCUT2D eigenvalue weighted by molar-refractivity contribution is 5.98. The molecule has 2 heterocycles. The van der Waals surface area contributed by atoms with Crippen LogP contribution >= 0.6 is 0 Å². The Morgan fingerprint density at radius 2 is 2.19 bits per heavy atom. The monoisotopic (exact) mass is 287 g/mol. The number of nitrogens with zero attached hydrogens (tertiary/aromatic N) is 2. The van der Waals surface area contributed by atoms with Gasteiger partial charge in [0.25, 0.3) is 0 Å². The van der Waals surface area contributed by atoms with E-state index in [-0.39, 0.29) is 5.91 Å². The normalized spacial score (nSPS) is 17.4. The van der Waals surface area contributed by atoms with Crippen LogP contribution in [0.2, 0.25) is 0 Å². The van der Waals surface area contributed by atoms with Crippen molar-refractivity contribution in [1.82, 2.24) is 15.2 Å². The number of anilines is 1. The smallest absolute Gasteiger partial charge is 0.244 e. The second kappa shape index (κ2) is 5.63. The van der Waals surface area contributed by atoms with Crippen molar-refractivity contribution < 1.29 is 9.53 Å². The Balaban J connectivity index is 1.76. The van der Waals surface area contributed by atoms with E-state index >= 15 is 0 Å². The summed E-state index contributed by atoms with van der Waals surface area (Å²) in [6.07, 6.45) is 2.50. The maximum atomic E-state index is 12.4. The summed E-state index contributed by atoms with van der Waals surface area (Å²) >= 11 is 0. The van der Waals surface area contributed by atoms with E-state index in [0.717, 1.165) is 5.56 Å². The minimum Gasteiger partial charge on any atom is -0.381 e. The summed E-state index contributed by atoms with van der Waals surface area (Å²) in [4.78, 5) is 16.4. The molecule has 3 rings (SSSR count). The average molecular weight is 287 g/mol. The molecule has 21 heavy (non-hydrogen) atoms. The van der Waals surface area contributed by atoms with E-state index in [0.29, 0.717) is 37.6 Å². The van der Waals surface area contributed by atoms with Crippen molar-refractivity contribution in [2.75, 3.05) is 18.5 Å². The third-order valence-corrected chi connectivity index (χ3v) is 3.65. The van der Waals surface area contributed by atoms with Gasteiger partial charge in [0.05, 0.1) is 0 Å². The van der Waals surface area contributed by atoms with Gasteiger partial charge in [-0.2, -0.15) is 5.10 Å². The number of nitrogens with two attached hydrogens (primary N) is 1. The Hall–Kier alpha value is -2.25. The third kappa shape index (κ3) is 2.93. The van der Waals surface area contributed by atoms with Gasteiger partial charge in [0.1, 0.15) is 11.9 Å². The fourth-order valence-electron chi connectivity index (χ4n) is 2.31. The van der Waals surface area contributed by atoms with Gasteiger partial charge in [-0.3, -0.25) is 9.89 Å². The molecule has 7 nitrogen and oxygen atoms in total. The molecular weight excluding hydrogens is 270 g/mol. The Kier molecular flexibility index (Phi) is 3.68. The molecule has 1 aliphatic heterocycles. The standard InChI is InChI=1S/C14H17N5O2/c15-14(4-6-21-7-5-14)13(20)18-11-3-1-2-10(8-11)12-16-9-17-19-12/h1-3,8-9H,4-7,15H2,(H,18,20)(H,16,17,19). The molecular formula is C14H17N5O2. The van der Waals surface area contributed by atoms with E-state index in [2.05, 4.69) is 20.5 Å². The van der Waals surface area contributed by atoms with Crippen molar-refractivity contribution in [3.63, 3.8) is 0 Å². The van der Waals surface area contributed by atoms with Gasteiger partial charge in [-0.05, 0) is 25.0 Å². The van der Waals surface area contributed by atoms with Crippen LogP contribution in [0.3, 0.4) is 0 Å². The molecule has 0 bridgehead atoms. The van der Waals surface area contributed by atoms with Crippen molar-refractivity contribution >= 4 is 11.6 Å². The summed E-state index contributed by atoms with van der Waals surface area (Å²) in [5.41, 5.74) is 6.84. The molecule has 1 fully saturated rings. The first-order chi connectivity index (χ1) is 10.2. The fraction of sp³-hybridized carbons (Fsp3) is 0.357. The second-order valence-electron chi connectivity index (χ2n) is 5.14. The van der Waals surface area contributed by atoms with Crippen molar-refractivity contribution in [3.8, 4) is 11.4 Å². The number of aromatic nitrogens is 3. The number of hydrogen-bond donors (Lipinski definition) is 3. The van der Waals surface area contributed by atoms with Crippen molar-refractivity contribution in [2.24, 2.45) is 5.73 Å². The average Bonchev–Trinajstić information content (AvgIpc) is 3.02. The first kappa shape index (κ1) is 13.7. The van der Waals surface area contributed by atoms with E-state index in [1.54, 1.807) is 0 Å². The van der Waals surface area contributed by atoms with Gasteiger partial charge >= 0.3 is 0 Å². The molecule has 0 aliphatic carbocycles. The zero-order valence-corrected chi connectivity index (χ0v) is 11.5. The molecule has 1 aromatic carbocycles. The maximum Gasteiger partial charge on any atom is 0.244 e. The fourth-order valence-corrected chi connectivity index (χ4v) is 2.31. The molecule has 1 saturated heterocycles. The lowest BCUT2D eigenvalue weighted by atomic mass is 9.90. The van der Waals surface area contributed by atoms with Crippen molar-refractivity contribution in [1.29, 1.82) is 0 Å². The zero-order valence-electron chi connectivity index (χ0n) is 11.5. The first-order valence-corrected chi connectivity index (χ1v) is 6.81. The molecule has 4 N–H and O–H groups in total. The summed E-state index contributed by atoms with van der Waals surface area (Å²) in [6, 6.07) is 7.39. The summed E-state index contributed by atoms with van der Waals surface area (Å²) in [5.74, 6) is 0.472. The SMILES string of the molecule is NC1(C(=O)Nc2cccc(-c3ncn[nH]3)c2)CCOCC1. The largest absolute Gasteiger partial charge is 0.381 e. The van der Waals surface area contributed by atoms with Gasteiger partial charge in [-0.15, -0.1) is 0 Å². The number of hydrogen-bond acceptors (Lipinski definition) is 5. The molecule has 1 aromatic heterocycles. The Morgan fingerprint density at radius 1 is 1.38 bits per heavy atom. The number of H-pyrrole nitrogens is 1. The Bertz CT molecular complexity index is 620. The van der Waals surface area contributed by atoms with Crippen LogP contribution in [0.25, 0.3) is 11.4 Å². The van der Waals surface area contributed by atoms with Crippen LogP contribution in [0.1, 0.15) is 12.8 Å². The third-order valence-electron chi connectivity index (χ3n) is 3.65. The molecule has 2 aromatic rings. The van der Waals surface area contributed by atoms with Crippen LogP contribution in [0.15, 0.2) is 30.6 Å². The summed E-state index contributed by atoms with van der Waals surface area (Å²) < 4.78 is 5.25. The van der Waals surface area contributed by atoms with Gasteiger partial charge in [-0.25, -0.2) is 4.98 Å². The van der Waals surface area contributed by atoms with Gasteiger partial charge in [0.2, 0.25) is 5.91 Å². The highest BCUT2D eigenvalue weighted by atomic mass is 16.5. The van der Waals surface area contributed by atoms with Crippen molar-refractivity contribution in [2.45, 2.75) is 18.4 Å². The van der Waals surface area contributed by atoms with E-state index in [1.807, 2.05) is 24.3 Å². The predicted octanol–water partition coefficient (Wildman–Crippen LogP) is 0.918. The van der Waals surface area contributed by atoms with Crippen LogP contribution in [0, 0.1) is 0 Å². The van der Waals surface area contributed by atoms with Crippen LogP contribution in [-0.2, 0) is 9.53 Å². The predicted molar refractivity (Wildman–Crippen MR) is 77.4 cm³/mol. The highest BCUT2D eigenvalue weighted by Crippen LogP contribution is 2.22. The van der Waals surface area contributed by atoms with Gasteiger partial charge in [0, 0.05) is 24.5 Å². The van der Waals surface area contributed by atoms with E-state index in [9.17, 15) is 4.79 Å². The number of rotatable bonds is 3. The quantitative estimate of drug-likeness (QED) is 0.778. The molecule has 7 heteroatoms. The second-order valence-corrected chi connectivity index (χ2v) is 5.14. The number of aromatic amines is 1. The molecule has 0 unspecified atom stereocenters. The molecule has 0 saturated carbocycles. The summed E-state index contributed by atoms with van der Waals surface area (Å²) in [5, 5.41) is 9.48. The molecule has 0 spiro atoms. The van der Waals surface area contributed by atoms with Gasteiger partial charge in [-0.1, -0.05) is 12.1 Å². The molecule has 1 aliphatic rings. The van der Waals surface area contributed by atoms with Crippen LogP contribution in [0.4, 0.5) is 5.69 Å². The minimum atomic E-state index is -0.861. The topological polar surface area (TPSA) is 106 Å². The zero-order chi connectivity index (χ0) is 14.7. The van der Waals surface area contributed by atoms with Crippen LogP contribution in [-0.4, -0.2) is 39.8 Å². The molecule has 110 valence electrons. The number of benzene rings is 1. The molecule has 0 atom stereocenters. The van der Waals surface area contributed by atoms with E-state index < -0.39 is 5.54 Å². The van der Waals surface area contributed by atoms with Gasteiger partial charge in [0.15, 0.2) is 5.82 Å². The van der Waals surface area contributed by atoms with Crippen molar-refractivity contribution in [3.05, 3.63) is 30.6 Å². The number of ether oxygens (including phenoxy) is 1. The van der Waals surface area contributed by atoms with E-state index in [1.165, 1.54) is 6.33 Å². The minimum absolute atomic E-state index is 0.180. The Morgan fingerprint density at radius 3 is 2.90 bits per heavy atom. The van der Waals surface area contributed by atoms with Crippen LogP contribution in [0.5, 0.6) is 0 Å². The van der Waals surface area contributed by atoms with Crippen LogP contribution < -0.4 is 11.1 Å². The van der Waals surface area contributed by atoms with E-state index in [4.69, 9.17) is 10.5 Å².